The first kappa shape index (κ1) is 26.1. The van der Waals surface area contributed by atoms with Crippen molar-refractivity contribution in [1.29, 1.82) is 0 Å². The van der Waals surface area contributed by atoms with Crippen molar-refractivity contribution in [2.45, 2.75) is 6.42 Å². The molecule has 0 unspecified atom stereocenters. The van der Waals surface area contributed by atoms with Crippen LogP contribution in [0, 0.1) is 0 Å². The van der Waals surface area contributed by atoms with Gasteiger partial charge in [-0.25, -0.2) is 0 Å². The Labute approximate surface area is 207 Å². The van der Waals surface area contributed by atoms with Crippen molar-refractivity contribution in [1.82, 2.24) is 10.2 Å². The SMILES string of the molecule is COc1cc(C(=O)c2c(C(=O)NCCCN(C)C)oc3ccc(Cl)cc3c2=O)cc(OC)c1OC. The number of methoxy groups -OCH3 is 3. The molecule has 1 amide bonds. The molecule has 0 aliphatic carbocycles. The van der Waals surface area contributed by atoms with Gasteiger partial charge in [0.05, 0.1) is 26.7 Å². The van der Waals surface area contributed by atoms with Gasteiger partial charge in [0.2, 0.25) is 22.7 Å². The molecular weight excluding hydrogens is 476 g/mol. The van der Waals surface area contributed by atoms with Crippen LogP contribution in [0.3, 0.4) is 0 Å². The first-order valence-electron chi connectivity index (χ1n) is 10.8. The Hall–Kier alpha value is -3.56. The summed E-state index contributed by atoms with van der Waals surface area (Å²) in [5.41, 5.74) is -0.904. The fourth-order valence-electron chi connectivity index (χ4n) is 3.57. The van der Waals surface area contributed by atoms with Crippen molar-refractivity contribution in [3.8, 4) is 17.2 Å². The number of nitrogens with one attached hydrogen (secondary N) is 1. The van der Waals surface area contributed by atoms with Gasteiger partial charge in [-0.2, -0.15) is 0 Å². The van der Waals surface area contributed by atoms with Crippen LogP contribution >= 0.6 is 11.6 Å². The third kappa shape index (κ3) is 5.58. The highest BCUT2D eigenvalue weighted by Crippen LogP contribution is 2.38. The predicted octanol–water partition coefficient (Wildman–Crippen LogP) is 3.38. The highest BCUT2D eigenvalue weighted by atomic mass is 35.5. The van der Waals surface area contributed by atoms with Gasteiger partial charge in [-0.15, -0.1) is 0 Å². The van der Waals surface area contributed by atoms with Crippen molar-refractivity contribution in [3.05, 3.63) is 62.5 Å². The van der Waals surface area contributed by atoms with Gasteiger partial charge in [0.15, 0.2) is 11.5 Å². The van der Waals surface area contributed by atoms with Gasteiger partial charge < -0.3 is 28.8 Å². The number of hydrogen-bond donors (Lipinski definition) is 1. The third-order valence-corrected chi connectivity index (χ3v) is 5.52. The van der Waals surface area contributed by atoms with Gasteiger partial charge in [0.25, 0.3) is 5.91 Å². The number of benzene rings is 2. The molecule has 186 valence electrons. The molecule has 9 nitrogen and oxygen atoms in total. The Bertz CT molecular complexity index is 1290. The van der Waals surface area contributed by atoms with E-state index in [1.165, 1.54) is 51.7 Å². The van der Waals surface area contributed by atoms with Gasteiger partial charge >= 0.3 is 0 Å². The number of amides is 1. The van der Waals surface area contributed by atoms with E-state index in [0.717, 1.165) is 6.54 Å². The first-order chi connectivity index (χ1) is 16.7. The summed E-state index contributed by atoms with van der Waals surface area (Å²) in [6, 6.07) is 7.23. The molecule has 0 saturated heterocycles. The molecule has 2 aromatic carbocycles. The van der Waals surface area contributed by atoms with Crippen LogP contribution in [-0.4, -0.2) is 65.1 Å². The van der Waals surface area contributed by atoms with Crippen LogP contribution in [-0.2, 0) is 0 Å². The number of ketones is 1. The van der Waals surface area contributed by atoms with Crippen LogP contribution in [0.15, 0.2) is 39.5 Å². The van der Waals surface area contributed by atoms with Crippen LogP contribution < -0.4 is 25.0 Å². The molecule has 0 aliphatic rings. The van der Waals surface area contributed by atoms with E-state index in [2.05, 4.69) is 5.32 Å². The Morgan fingerprint density at radius 1 is 1.03 bits per heavy atom. The minimum atomic E-state index is -0.738. The minimum absolute atomic E-state index is 0.0508. The smallest absolute Gasteiger partial charge is 0.287 e. The summed E-state index contributed by atoms with van der Waals surface area (Å²) in [4.78, 5) is 42.1. The van der Waals surface area contributed by atoms with Crippen LogP contribution in [0.25, 0.3) is 11.0 Å². The molecule has 0 bridgehead atoms. The molecule has 0 fully saturated rings. The van der Waals surface area contributed by atoms with E-state index in [1.54, 1.807) is 0 Å². The average Bonchev–Trinajstić information content (AvgIpc) is 2.85. The van der Waals surface area contributed by atoms with E-state index in [9.17, 15) is 14.4 Å². The van der Waals surface area contributed by atoms with E-state index in [1.807, 2.05) is 19.0 Å². The van der Waals surface area contributed by atoms with Gasteiger partial charge in [-0.1, -0.05) is 11.6 Å². The quantitative estimate of drug-likeness (QED) is 0.332. The second-order valence-corrected chi connectivity index (χ2v) is 8.37. The molecule has 1 aromatic heterocycles. The molecule has 10 heteroatoms. The van der Waals surface area contributed by atoms with Gasteiger partial charge in [0, 0.05) is 17.1 Å². The van der Waals surface area contributed by atoms with Gasteiger partial charge in [0.1, 0.15) is 11.1 Å². The summed E-state index contributed by atoms with van der Waals surface area (Å²) in [7, 11) is 8.09. The summed E-state index contributed by atoms with van der Waals surface area (Å²) >= 11 is 6.07. The van der Waals surface area contributed by atoms with Crippen molar-refractivity contribution >= 4 is 34.3 Å². The van der Waals surface area contributed by atoms with Crippen molar-refractivity contribution < 1.29 is 28.2 Å². The second-order valence-electron chi connectivity index (χ2n) is 7.93. The second kappa shape index (κ2) is 11.2. The zero-order valence-electron chi connectivity index (χ0n) is 20.2. The molecule has 0 saturated carbocycles. The van der Waals surface area contributed by atoms with Crippen LogP contribution in [0.4, 0.5) is 0 Å². The van der Waals surface area contributed by atoms with Crippen LogP contribution in [0.1, 0.15) is 32.9 Å². The van der Waals surface area contributed by atoms with E-state index in [0.29, 0.717) is 13.0 Å². The molecule has 0 spiro atoms. The Morgan fingerprint density at radius 2 is 1.69 bits per heavy atom. The zero-order valence-corrected chi connectivity index (χ0v) is 20.9. The molecule has 0 atom stereocenters. The molecule has 3 aromatic rings. The maximum atomic E-state index is 13.6. The highest BCUT2D eigenvalue weighted by Gasteiger charge is 2.28. The number of carbonyl (C=O) groups is 2. The standard InChI is InChI=1S/C25H27ClN2O7/c1-28(2)10-6-9-27-25(31)24-20(22(30)16-13-15(26)7-8-17(16)35-24)21(29)14-11-18(32-3)23(34-5)19(12-14)33-4/h7-8,11-13H,6,9-10H2,1-5H3,(H,27,31). The Balaban J connectivity index is 2.16. The fraction of sp³-hybridized carbons (Fsp3) is 0.320. The van der Waals surface area contributed by atoms with E-state index < -0.39 is 22.7 Å². The lowest BCUT2D eigenvalue weighted by Crippen LogP contribution is -2.31. The van der Waals surface area contributed by atoms with E-state index in [-0.39, 0.29) is 44.6 Å². The zero-order chi connectivity index (χ0) is 25.7. The summed E-state index contributed by atoms with van der Waals surface area (Å²) in [5.74, 6) is -1.07. The Morgan fingerprint density at radius 3 is 2.26 bits per heavy atom. The number of carbonyl (C=O) groups excluding carboxylic acids is 2. The molecule has 3 rings (SSSR count). The average molecular weight is 503 g/mol. The lowest BCUT2D eigenvalue weighted by Gasteiger charge is -2.15. The van der Waals surface area contributed by atoms with Crippen molar-refractivity contribution in [2.24, 2.45) is 0 Å². The van der Waals surface area contributed by atoms with E-state index >= 15 is 0 Å². The summed E-state index contributed by atoms with van der Waals surface area (Å²) in [5, 5.41) is 3.09. The number of halogens is 1. The predicted molar refractivity (Wildman–Crippen MR) is 133 cm³/mol. The molecular formula is C25H27ClN2O7. The number of nitrogens with zero attached hydrogens (tertiary/aromatic N) is 1. The maximum absolute atomic E-state index is 13.6. The number of ether oxygens (including phenoxy) is 3. The Kier molecular flexibility index (Phi) is 8.37. The van der Waals surface area contributed by atoms with Gasteiger partial charge in [-0.3, -0.25) is 14.4 Å². The topological polar surface area (TPSA) is 107 Å². The summed E-state index contributed by atoms with van der Waals surface area (Å²) < 4.78 is 21.7. The number of fused-ring (bicyclic) bond motifs is 1. The monoisotopic (exact) mass is 502 g/mol. The maximum Gasteiger partial charge on any atom is 0.287 e. The number of hydrogen-bond acceptors (Lipinski definition) is 8. The molecule has 0 aliphatic heterocycles. The first-order valence-corrected chi connectivity index (χ1v) is 11.1. The van der Waals surface area contributed by atoms with E-state index in [4.69, 9.17) is 30.2 Å². The third-order valence-electron chi connectivity index (χ3n) is 5.28. The highest BCUT2D eigenvalue weighted by molar-refractivity contribution is 6.31. The largest absolute Gasteiger partial charge is 0.493 e. The summed E-state index contributed by atoms with van der Waals surface area (Å²) in [6.07, 6.45) is 0.669. The van der Waals surface area contributed by atoms with Gasteiger partial charge in [-0.05, 0) is 57.4 Å². The van der Waals surface area contributed by atoms with Crippen molar-refractivity contribution in [2.75, 3.05) is 48.5 Å². The van der Waals surface area contributed by atoms with Crippen molar-refractivity contribution in [3.63, 3.8) is 0 Å². The van der Waals surface area contributed by atoms with Crippen LogP contribution in [0.2, 0.25) is 5.02 Å². The van der Waals surface area contributed by atoms with Crippen LogP contribution in [0.5, 0.6) is 17.2 Å². The normalized spacial score (nSPS) is 10.9. The fourth-order valence-corrected chi connectivity index (χ4v) is 3.74. The molecule has 1 heterocycles. The lowest BCUT2D eigenvalue weighted by molar-refractivity contribution is 0.0912. The lowest BCUT2D eigenvalue weighted by atomic mass is 9.99. The number of rotatable bonds is 10. The summed E-state index contributed by atoms with van der Waals surface area (Å²) in [6.45, 7) is 1.08. The molecule has 35 heavy (non-hydrogen) atoms. The molecule has 1 N–H and O–H groups in total. The molecule has 0 radical (unpaired) electrons. The minimum Gasteiger partial charge on any atom is -0.493 e.